The number of anilines is 2. The number of fused-ring (bicyclic) bond motifs is 1. The Morgan fingerprint density at radius 1 is 1.62 bits per heavy atom. The fourth-order valence-corrected chi connectivity index (χ4v) is 1.21. The van der Waals surface area contributed by atoms with Crippen LogP contribution in [-0.2, 0) is 9.53 Å². The topological polar surface area (TPSA) is 119 Å². The number of nitrogens with two attached hydrogens (primary N) is 1. The molecule has 0 aliphatic heterocycles. The number of hydrogen-bond donors (Lipinski definition) is 3. The van der Waals surface area contributed by atoms with E-state index in [2.05, 4.69) is 30.2 Å². The molecular weight excluding hydrogens is 212 g/mol. The minimum Gasteiger partial charge on any atom is -0.468 e. The highest BCUT2D eigenvalue weighted by molar-refractivity contribution is 5.88. The lowest BCUT2D eigenvalue weighted by Crippen LogP contribution is -2.16. The van der Waals surface area contributed by atoms with E-state index >= 15 is 0 Å². The summed E-state index contributed by atoms with van der Waals surface area (Å²) >= 11 is 0. The maximum Gasteiger partial charge on any atom is 0.325 e. The van der Waals surface area contributed by atoms with Gasteiger partial charge in [-0.25, -0.2) is 0 Å². The number of carbonyl (C=O) groups excluding carboxylic acids is 1. The molecule has 8 heteroatoms. The van der Waals surface area contributed by atoms with Crippen LogP contribution in [0, 0.1) is 0 Å². The van der Waals surface area contributed by atoms with Crippen LogP contribution in [0.1, 0.15) is 0 Å². The van der Waals surface area contributed by atoms with E-state index in [1.54, 1.807) is 6.20 Å². The number of aromatic nitrogens is 4. The van der Waals surface area contributed by atoms with Gasteiger partial charge in [-0.05, 0) is 0 Å². The second-order valence-electron chi connectivity index (χ2n) is 2.99. The summed E-state index contributed by atoms with van der Waals surface area (Å²) in [5.74, 6) is 0.152. The molecule has 0 saturated carbocycles. The molecule has 2 heterocycles. The molecule has 0 fully saturated rings. The van der Waals surface area contributed by atoms with Gasteiger partial charge in [-0.2, -0.15) is 15.1 Å². The summed E-state index contributed by atoms with van der Waals surface area (Å²) in [6.07, 6.45) is 1.55. The Kier molecular flexibility index (Phi) is 2.54. The van der Waals surface area contributed by atoms with E-state index in [1.165, 1.54) is 7.11 Å². The molecule has 2 aromatic heterocycles. The summed E-state index contributed by atoms with van der Waals surface area (Å²) in [6, 6.07) is 0. The molecule has 0 bridgehead atoms. The first-order chi connectivity index (χ1) is 7.70. The summed E-state index contributed by atoms with van der Waals surface area (Å²) < 4.78 is 4.50. The van der Waals surface area contributed by atoms with Crippen molar-refractivity contribution >= 4 is 28.8 Å². The molecule has 84 valence electrons. The van der Waals surface area contributed by atoms with E-state index in [1.807, 2.05) is 0 Å². The maximum absolute atomic E-state index is 11.0. The Morgan fingerprint density at radius 3 is 3.19 bits per heavy atom. The highest BCUT2D eigenvalue weighted by Gasteiger charge is 2.09. The summed E-state index contributed by atoms with van der Waals surface area (Å²) in [4.78, 5) is 18.9. The second kappa shape index (κ2) is 4.01. The van der Waals surface area contributed by atoms with E-state index in [-0.39, 0.29) is 12.5 Å². The zero-order valence-corrected chi connectivity index (χ0v) is 8.52. The number of aromatic amines is 1. The predicted octanol–water partition coefficient (Wildman–Crippen LogP) is -0.480. The van der Waals surface area contributed by atoms with Gasteiger partial charge in [-0.3, -0.25) is 9.89 Å². The number of ether oxygens (including phenoxy) is 1. The molecule has 0 saturated heterocycles. The average Bonchev–Trinajstić information content (AvgIpc) is 2.73. The number of esters is 1. The van der Waals surface area contributed by atoms with Gasteiger partial charge in [0.25, 0.3) is 0 Å². The number of carbonyl (C=O) groups is 1. The number of H-pyrrole nitrogens is 1. The predicted molar refractivity (Wildman–Crippen MR) is 56.6 cm³/mol. The average molecular weight is 222 g/mol. The molecule has 8 nitrogen and oxygen atoms in total. The van der Waals surface area contributed by atoms with Crippen LogP contribution in [0.15, 0.2) is 6.20 Å². The molecule has 0 radical (unpaired) electrons. The van der Waals surface area contributed by atoms with Crippen LogP contribution in [0.25, 0.3) is 11.0 Å². The summed E-state index contributed by atoms with van der Waals surface area (Å²) in [5.41, 5.74) is 6.01. The van der Waals surface area contributed by atoms with Crippen molar-refractivity contribution in [3.05, 3.63) is 6.20 Å². The molecule has 2 aromatic rings. The molecule has 0 aliphatic carbocycles. The lowest BCUT2D eigenvalue weighted by molar-refractivity contribution is -0.138. The third-order valence-corrected chi connectivity index (χ3v) is 1.95. The first kappa shape index (κ1) is 10.1. The van der Waals surface area contributed by atoms with E-state index in [0.717, 1.165) is 0 Å². The lowest BCUT2D eigenvalue weighted by Gasteiger charge is -2.05. The Balaban J connectivity index is 2.28. The first-order valence-electron chi connectivity index (χ1n) is 4.48. The van der Waals surface area contributed by atoms with E-state index < -0.39 is 5.97 Å². The zero-order chi connectivity index (χ0) is 11.5. The quantitative estimate of drug-likeness (QED) is 0.600. The van der Waals surface area contributed by atoms with Gasteiger partial charge >= 0.3 is 5.97 Å². The fourth-order valence-electron chi connectivity index (χ4n) is 1.21. The van der Waals surface area contributed by atoms with Crippen molar-refractivity contribution in [2.75, 3.05) is 24.7 Å². The molecule has 2 rings (SSSR count). The normalized spacial score (nSPS) is 10.3. The van der Waals surface area contributed by atoms with Crippen LogP contribution < -0.4 is 11.1 Å². The minimum absolute atomic E-state index is 0.00718. The van der Waals surface area contributed by atoms with Gasteiger partial charge < -0.3 is 15.8 Å². The Bertz CT molecular complexity index is 522. The fraction of sp³-hybridized carbons (Fsp3) is 0.250. The molecule has 16 heavy (non-hydrogen) atoms. The molecular formula is C8H10N6O2. The Labute approximate surface area is 90.2 Å². The van der Waals surface area contributed by atoms with Crippen molar-refractivity contribution < 1.29 is 9.53 Å². The highest BCUT2D eigenvalue weighted by Crippen LogP contribution is 2.18. The zero-order valence-electron chi connectivity index (χ0n) is 8.52. The van der Waals surface area contributed by atoms with E-state index in [4.69, 9.17) is 5.73 Å². The summed E-state index contributed by atoms with van der Waals surface area (Å²) in [5, 5.41) is 9.94. The number of rotatable bonds is 3. The SMILES string of the molecule is COC(=O)CNc1nc(N)nc2[nH]ncc12. The van der Waals surface area contributed by atoms with Crippen molar-refractivity contribution in [2.45, 2.75) is 0 Å². The number of methoxy groups -OCH3 is 1. The molecule has 0 aliphatic rings. The minimum atomic E-state index is -0.395. The number of nitrogen functional groups attached to an aromatic ring is 1. The summed E-state index contributed by atoms with van der Waals surface area (Å²) in [6.45, 7) is 0.00718. The molecule has 0 spiro atoms. The Morgan fingerprint density at radius 2 is 2.44 bits per heavy atom. The summed E-state index contributed by atoms with van der Waals surface area (Å²) in [7, 11) is 1.31. The third kappa shape index (κ3) is 1.85. The van der Waals surface area contributed by atoms with Gasteiger partial charge in [0.15, 0.2) is 5.65 Å². The van der Waals surface area contributed by atoms with E-state index in [9.17, 15) is 4.79 Å². The molecule has 0 aromatic carbocycles. The molecule has 0 unspecified atom stereocenters. The van der Waals surface area contributed by atoms with Gasteiger partial charge in [-0.1, -0.05) is 0 Å². The Hall–Kier alpha value is -2.38. The van der Waals surface area contributed by atoms with Crippen LogP contribution in [-0.4, -0.2) is 39.8 Å². The van der Waals surface area contributed by atoms with Crippen molar-refractivity contribution in [1.82, 2.24) is 20.2 Å². The molecule has 4 N–H and O–H groups in total. The maximum atomic E-state index is 11.0. The standard InChI is InChI=1S/C8H10N6O2/c1-16-5(15)3-10-6-4-2-11-14-7(4)13-8(9)12-6/h2H,3H2,1H3,(H4,9,10,11,12,13,14). The number of nitrogens with one attached hydrogen (secondary N) is 2. The van der Waals surface area contributed by atoms with Crippen LogP contribution in [0.3, 0.4) is 0 Å². The molecule has 0 amide bonds. The van der Waals surface area contributed by atoms with Gasteiger partial charge in [0.1, 0.15) is 12.4 Å². The van der Waals surface area contributed by atoms with Crippen LogP contribution in [0.5, 0.6) is 0 Å². The largest absolute Gasteiger partial charge is 0.468 e. The third-order valence-electron chi connectivity index (χ3n) is 1.95. The van der Waals surface area contributed by atoms with Crippen LogP contribution in [0.4, 0.5) is 11.8 Å². The van der Waals surface area contributed by atoms with Crippen molar-refractivity contribution in [3.63, 3.8) is 0 Å². The monoisotopic (exact) mass is 222 g/mol. The van der Waals surface area contributed by atoms with E-state index in [0.29, 0.717) is 16.9 Å². The number of nitrogens with zero attached hydrogens (tertiary/aromatic N) is 3. The van der Waals surface area contributed by atoms with Gasteiger partial charge in [0.2, 0.25) is 5.95 Å². The molecule has 0 atom stereocenters. The first-order valence-corrected chi connectivity index (χ1v) is 4.48. The van der Waals surface area contributed by atoms with Gasteiger partial charge in [-0.15, -0.1) is 0 Å². The van der Waals surface area contributed by atoms with Crippen LogP contribution in [0.2, 0.25) is 0 Å². The van der Waals surface area contributed by atoms with Crippen LogP contribution >= 0.6 is 0 Å². The van der Waals surface area contributed by atoms with Crippen molar-refractivity contribution in [1.29, 1.82) is 0 Å². The second-order valence-corrected chi connectivity index (χ2v) is 2.99. The highest BCUT2D eigenvalue weighted by atomic mass is 16.5. The smallest absolute Gasteiger partial charge is 0.325 e. The lowest BCUT2D eigenvalue weighted by atomic mass is 10.4. The van der Waals surface area contributed by atoms with Crippen molar-refractivity contribution in [2.24, 2.45) is 0 Å². The van der Waals surface area contributed by atoms with Crippen molar-refractivity contribution in [3.8, 4) is 0 Å². The van der Waals surface area contributed by atoms with Gasteiger partial charge in [0, 0.05) is 0 Å². The number of hydrogen-bond acceptors (Lipinski definition) is 7. The van der Waals surface area contributed by atoms with Gasteiger partial charge in [0.05, 0.1) is 18.7 Å².